The molecule has 6 heteroatoms. The van der Waals surface area contributed by atoms with Crippen LogP contribution in [0.3, 0.4) is 0 Å². The van der Waals surface area contributed by atoms with Crippen LogP contribution in [0.1, 0.15) is 25.8 Å². The average molecular weight is 376 g/mol. The van der Waals surface area contributed by atoms with Gasteiger partial charge < -0.3 is 9.80 Å². The molecule has 1 aromatic carbocycles. The van der Waals surface area contributed by atoms with Gasteiger partial charge in [0, 0.05) is 32.3 Å². The molecule has 0 saturated carbocycles. The summed E-state index contributed by atoms with van der Waals surface area (Å²) in [5.74, 6) is 0.814. The molecule has 1 aliphatic rings. The van der Waals surface area contributed by atoms with E-state index in [0.717, 1.165) is 11.4 Å². The quantitative estimate of drug-likeness (QED) is 0.805. The summed E-state index contributed by atoms with van der Waals surface area (Å²) >= 11 is 6.32. The molecule has 0 spiro atoms. The van der Waals surface area contributed by atoms with E-state index in [4.69, 9.17) is 11.6 Å². The summed E-state index contributed by atoms with van der Waals surface area (Å²) in [6.07, 6.45) is 2.12. The first-order chi connectivity index (χ1) is 12.5. The van der Waals surface area contributed by atoms with Crippen LogP contribution in [-0.4, -0.2) is 34.9 Å². The lowest BCUT2D eigenvalue weighted by molar-refractivity contribution is -0.134. The fourth-order valence-corrected chi connectivity index (χ4v) is 3.58. The Kier molecular flexibility index (Phi) is 5.77. The lowest BCUT2D eigenvalue weighted by atomic mass is 10.0. The van der Waals surface area contributed by atoms with Crippen molar-refractivity contribution in [2.24, 2.45) is 5.92 Å². The van der Waals surface area contributed by atoms with Crippen molar-refractivity contribution in [2.75, 3.05) is 18.0 Å². The minimum absolute atomic E-state index is 0.0214. The number of anilines is 1. The summed E-state index contributed by atoms with van der Waals surface area (Å²) in [6, 6.07) is 9.97. The highest BCUT2D eigenvalue weighted by atomic mass is 35.5. The zero-order chi connectivity index (χ0) is 18.7. The maximum absolute atomic E-state index is 13.2. The highest BCUT2D eigenvalue weighted by Crippen LogP contribution is 2.27. The van der Waals surface area contributed by atoms with Crippen LogP contribution >= 0.6 is 11.6 Å². The van der Waals surface area contributed by atoms with E-state index in [0.29, 0.717) is 31.1 Å². The van der Waals surface area contributed by atoms with Gasteiger partial charge >= 0.3 is 0 Å². The summed E-state index contributed by atoms with van der Waals surface area (Å²) in [5.41, 5.74) is 0.926. The Balaban J connectivity index is 1.86. The van der Waals surface area contributed by atoms with Gasteiger partial charge in [0.1, 0.15) is 11.6 Å². The van der Waals surface area contributed by atoms with Crippen LogP contribution in [0.4, 0.5) is 10.2 Å². The molecule has 0 bridgehead atoms. The van der Waals surface area contributed by atoms with Gasteiger partial charge in [0.2, 0.25) is 5.91 Å². The van der Waals surface area contributed by atoms with Gasteiger partial charge in [-0.05, 0) is 35.7 Å². The maximum atomic E-state index is 13.2. The molecule has 1 atom stereocenters. The van der Waals surface area contributed by atoms with Crippen molar-refractivity contribution in [1.82, 2.24) is 9.88 Å². The molecule has 4 nitrogen and oxygen atoms in total. The van der Waals surface area contributed by atoms with Gasteiger partial charge in [-0.1, -0.05) is 37.6 Å². The zero-order valence-corrected chi connectivity index (χ0v) is 15.8. The summed E-state index contributed by atoms with van der Waals surface area (Å²) in [6.45, 7) is 5.95. The van der Waals surface area contributed by atoms with E-state index in [-0.39, 0.29) is 23.7 Å². The van der Waals surface area contributed by atoms with Gasteiger partial charge in [-0.25, -0.2) is 9.37 Å². The minimum atomic E-state index is -0.271. The highest BCUT2D eigenvalue weighted by Gasteiger charge is 2.32. The molecule has 1 aromatic heterocycles. The molecule has 0 aliphatic carbocycles. The molecule has 1 unspecified atom stereocenters. The van der Waals surface area contributed by atoms with Crippen molar-refractivity contribution in [3.63, 3.8) is 0 Å². The number of carbonyl (C=O) groups is 1. The minimum Gasteiger partial charge on any atom is -0.353 e. The number of halogens is 2. The molecule has 0 radical (unpaired) electrons. The lowest BCUT2D eigenvalue weighted by Gasteiger charge is -2.35. The number of benzene rings is 1. The first kappa shape index (κ1) is 18.6. The van der Waals surface area contributed by atoms with Crippen molar-refractivity contribution in [3.8, 4) is 0 Å². The van der Waals surface area contributed by atoms with Gasteiger partial charge in [0.25, 0.3) is 0 Å². The number of carbonyl (C=O) groups excluding carboxylic acids is 1. The van der Waals surface area contributed by atoms with E-state index in [1.165, 1.54) is 12.1 Å². The van der Waals surface area contributed by atoms with Crippen LogP contribution < -0.4 is 4.90 Å². The van der Waals surface area contributed by atoms with E-state index in [2.05, 4.69) is 23.7 Å². The Labute approximate surface area is 158 Å². The average Bonchev–Trinajstić information content (AvgIpc) is 2.77. The van der Waals surface area contributed by atoms with Crippen molar-refractivity contribution in [3.05, 3.63) is 59.0 Å². The highest BCUT2D eigenvalue weighted by molar-refractivity contribution is 6.32. The molecule has 26 heavy (non-hydrogen) atoms. The first-order valence-corrected chi connectivity index (χ1v) is 9.23. The third kappa shape index (κ3) is 4.15. The Morgan fingerprint density at radius 3 is 2.65 bits per heavy atom. The smallest absolute Gasteiger partial charge is 0.224 e. The van der Waals surface area contributed by atoms with Crippen LogP contribution in [0.15, 0.2) is 42.6 Å². The third-order valence-electron chi connectivity index (χ3n) is 4.80. The Morgan fingerprint density at radius 1 is 1.27 bits per heavy atom. The number of nitrogens with zero attached hydrogens (tertiary/aromatic N) is 3. The van der Waals surface area contributed by atoms with Crippen LogP contribution in [0, 0.1) is 11.7 Å². The molecule has 138 valence electrons. The van der Waals surface area contributed by atoms with Gasteiger partial charge in [-0.15, -0.1) is 0 Å². The summed E-state index contributed by atoms with van der Waals surface area (Å²) in [5, 5.41) is 0.592. The Bertz CT molecular complexity index is 766. The summed E-state index contributed by atoms with van der Waals surface area (Å²) in [4.78, 5) is 21.2. The van der Waals surface area contributed by atoms with Gasteiger partial charge in [-0.3, -0.25) is 4.79 Å². The molecule has 3 rings (SSSR count). The topological polar surface area (TPSA) is 36.4 Å². The van der Waals surface area contributed by atoms with Crippen molar-refractivity contribution < 1.29 is 9.18 Å². The fourth-order valence-electron chi connectivity index (χ4n) is 3.34. The molecule has 2 heterocycles. The Morgan fingerprint density at radius 2 is 2.00 bits per heavy atom. The first-order valence-electron chi connectivity index (χ1n) is 8.85. The molecule has 2 aromatic rings. The molecule has 0 N–H and O–H groups in total. The second-order valence-corrected chi connectivity index (χ2v) is 7.37. The predicted molar refractivity (Wildman–Crippen MR) is 102 cm³/mol. The number of aromatic nitrogens is 1. The summed E-state index contributed by atoms with van der Waals surface area (Å²) in [7, 11) is 0. The number of pyridine rings is 1. The number of rotatable bonds is 4. The maximum Gasteiger partial charge on any atom is 0.224 e. The zero-order valence-electron chi connectivity index (χ0n) is 15.0. The van der Waals surface area contributed by atoms with E-state index < -0.39 is 0 Å². The van der Waals surface area contributed by atoms with Gasteiger partial charge in [0.15, 0.2) is 0 Å². The van der Waals surface area contributed by atoms with Crippen molar-refractivity contribution in [1.29, 1.82) is 0 Å². The largest absolute Gasteiger partial charge is 0.353 e. The fraction of sp³-hybridized carbons (Fsp3) is 0.400. The molecular formula is C20H23ClFN3O. The van der Waals surface area contributed by atoms with Crippen LogP contribution in [0.25, 0.3) is 0 Å². The monoisotopic (exact) mass is 375 g/mol. The van der Waals surface area contributed by atoms with Crippen LogP contribution in [0.2, 0.25) is 5.02 Å². The third-order valence-corrected chi connectivity index (χ3v) is 5.09. The molecular weight excluding hydrogens is 353 g/mol. The molecule has 1 fully saturated rings. The second kappa shape index (κ2) is 8.04. The van der Waals surface area contributed by atoms with Crippen LogP contribution in [-0.2, 0) is 11.3 Å². The van der Waals surface area contributed by atoms with Gasteiger partial charge in [-0.2, -0.15) is 0 Å². The SMILES string of the molecule is CC(C)C1CN(c2ncccc2Cl)CCC(=O)N1Cc1ccc(F)cc1. The van der Waals surface area contributed by atoms with E-state index in [9.17, 15) is 9.18 Å². The standard InChI is InChI=1S/C20H23ClFN3O/c1-14(2)18-13-24(20-17(21)4-3-10-23-20)11-9-19(26)25(18)12-15-5-7-16(22)8-6-15/h3-8,10,14,18H,9,11-13H2,1-2H3. The number of amides is 1. The van der Waals surface area contributed by atoms with E-state index >= 15 is 0 Å². The molecule has 1 aliphatic heterocycles. The normalized spacial score (nSPS) is 18.3. The van der Waals surface area contributed by atoms with Crippen LogP contribution in [0.5, 0.6) is 0 Å². The van der Waals surface area contributed by atoms with Gasteiger partial charge in [0.05, 0.1) is 11.1 Å². The van der Waals surface area contributed by atoms with Crippen molar-refractivity contribution >= 4 is 23.3 Å². The van der Waals surface area contributed by atoms with Crippen molar-refractivity contribution in [2.45, 2.75) is 32.9 Å². The van der Waals surface area contributed by atoms with E-state index in [1.807, 2.05) is 11.0 Å². The van der Waals surface area contributed by atoms with E-state index in [1.54, 1.807) is 24.4 Å². The second-order valence-electron chi connectivity index (χ2n) is 6.96. The predicted octanol–water partition coefficient (Wildman–Crippen LogP) is 4.14. The lowest BCUT2D eigenvalue weighted by Crippen LogP contribution is -2.46. The molecule has 1 amide bonds. The molecule has 1 saturated heterocycles. The summed E-state index contributed by atoms with van der Waals surface area (Å²) < 4.78 is 13.2. The number of hydrogen-bond acceptors (Lipinski definition) is 3. The Hall–Kier alpha value is -2.14. The number of hydrogen-bond donors (Lipinski definition) is 0.